The van der Waals surface area contributed by atoms with E-state index in [-0.39, 0.29) is 22.2 Å². The standard InChI is InChI=1S/C9H8ClNO4S/c10-7-3-1-2-6(9(7)11(14)15)4-16-5-8(12)13/h1-3H,4-5H2,(H,12,13). The molecule has 0 fully saturated rings. The molecule has 0 aliphatic heterocycles. The highest BCUT2D eigenvalue weighted by atomic mass is 35.5. The molecule has 0 heterocycles. The summed E-state index contributed by atoms with van der Waals surface area (Å²) in [5.41, 5.74) is 0.283. The quantitative estimate of drug-likeness (QED) is 0.651. The third kappa shape index (κ3) is 3.39. The fourth-order valence-corrected chi connectivity index (χ4v) is 2.12. The number of nitro groups is 1. The summed E-state index contributed by atoms with van der Waals surface area (Å²) in [7, 11) is 0. The minimum absolute atomic E-state index is 0.0680. The van der Waals surface area contributed by atoms with E-state index in [0.29, 0.717) is 5.56 Å². The van der Waals surface area contributed by atoms with Gasteiger partial charge in [-0.15, -0.1) is 11.8 Å². The molecule has 0 aromatic heterocycles. The van der Waals surface area contributed by atoms with Crippen molar-refractivity contribution in [3.05, 3.63) is 38.9 Å². The van der Waals surface area contributed by atoms with Gasteiger partial charge in [-0.05, 0) is 6.07 Å². The molecule has 0 unspecified atom stereocenters. The summed E-state index contributed by atoms with van der Waals surface area (Å²) < 4.78 is 0. The molecule has 1 aromatic rings. The van der Waals surface area contributed by atoms with Crippen LogP contribution < -0.4 is 0 Å². The van der Waals surface area contributed by atoms with Crippen LogP contribution in [0.4, 0.5) is 5.69 Å². The Morgan fingerprint density at radius 3 is 2.81 bits per heavy atom. The van der Waals surface area contributed by atoms with Gasteiger partial charge in [0.15, 0.2) is 0 Å². The maximum absolute atomic E-state index is 10.7. The lowest BCUT2D eigenvalue weighted by Crippen LogP contribution is -2.00. The molecular formula is C9H8ClNO4S. The number of rotatable bonds is 5. The third-order valence-corrected chi connectivity index (χ3v) is 3.01. The minimum Gasteiger partial charge on any atom is -0.481 e. The van der Waals surface area contributed by atoms with Crippen molar-refractivity contribution in [2.45, 2.75) is 5.75 Å². The minimum atomic E-state index is -0.949. The summed E-state index contributed by atoms with van der Waals surface area (Å²) in [6, 6.07) is 4.61. The topological polar surface area (TPSA) is 80.4 Å². The Morgan fingerprint density at radius 2 is 2.25 bits per heavy atom. The molecule has 1 N–H and O–H groups in total. The van der Waals surface area contributed by atoms with E-state index in [9.17, 15) is 14.9 Å². The van der Waals surface area contributed by atoms with Crippen LogP contribution in [0.1, 0.15) is 5.56 Å². The van der Waals surface area contributed by atoms with Gasteiger partial charge in [-0.2, -0.15) is 0 Å². The van der Waals surface area contributed by atoms with Gasteiger partial charge in [0.05, 0.1) is 10.7 Å². The molecule has 0 atom stereocenters. The molecule has 0 aliphatic rings. The second kappa shape index (κ2) is 5.72. The summed E-state index contributed by atoms with van der Waals surface area (Å²) in [6.07, 6.45) is 0. The van der Waals surface area contributed by atoms with Crippen LogP contribution in [0.2, 0.25) is 5.02 Å². The fourth-order valence-electron chi connectivity index (χ4n) is 1.13. The molecule has 16 heavy (non-hydrogen) atoms. The van der Waals surface area contributed by atoms with Crippen molar-refractivity contribution in [3.8, 4) is 0 Å². The van der Waals surface area contributed by atoms with Gasteiger partial charge in [0.2, 0.25) is 0 Å². The van der Waals surface area contributed by atoms with Crippen molar-refractivity contribution in [3.63, 3.8) is 0 Å². The van der Waals surface area contributed by atoms with Crippen molar-refractivity contribution >= 4 is 35.0 Å². The number of aliphatic carboxylic acids is 1. The van der Waals surface area contributed by atoms with Crippen LogP contribution in [0.3, 0.4) is 0 Å². The third-order valence-electron chi connectivity index (χ3n) is 1.74. The molecule has 0 bridgehead atoms. The number of nitrogens with zero attached hydrogens (tertiary/aromatic N) is 1. The van der Waals surface area contributed by atoms with Gasteiger partial charge < -0.3 is 5.11 Å². The Balaban J connectivity index is 2.83. The van der Waals surface area contributed by atoms with E-state index in [4.69, 9.17) is 16.7 Å². The van der Waals surface area contributed by atoms with Crippen molar-refractivity contribution in [1.29, 1.82) is 0 Å². The number of hydrogen-bond donors (Lipinski definition) is 1. The van der Waals surface area contributed by atoms with Crippen LogP contribution in [0, 0.1) is 10.1 Å². The second-order valence-corrected chi connectivity index (χ2v) is 4.28. The average Bonchev–Trinajstić information content (AvgIpc) is 2.16. The molecule has 7 heteroatoms. The first kappa shape index (κ1) is 12.8. The number of thioether (sulfide) groups is 1. The number of nitro benzene ring substituents is 1. The van der Waals surface area contributed by atoms with Crippen LogP contribution >= 0.6 is 23.4 Å². The first-order valence-corrected chi connectivity index (χ1v) is 5.77. The summed E-state index contributed by atoms with van der Waals surface area (Å²) in [5, 5.41) is 19.2. The Hall–Kier alpha value is -1.27. The van der Waals surface area contributed by atoms with Gasteiger partial charge in [-0.3, -0.25) is 14.9 Å². The first-order valence-electron chi connectivity index (χ1n) is 4.23. The molecule has 0 radical (unpaired) electrons. The molecule has 1 aromatic carbocycles. The summed E-state index contributed by atoms with van der Waals surface area (Å²) >= 11 is 6.79. The Bertz CT molecular complexity index is 424. The molecule has 0 aliphatic carbocycles. The van der Waals surface area contributed by atoms with E-state index in [1.165, 1.54) is 6.07 Å². The molecule has 1 rings (SSSR count). The van der Waals surface area contributed by atoms with E-state index in [1.807, 2.05) is 0 Å². The van der Waals surface area contributed by atoms with Gasteiger partial charge in [0.1, 0.15) is 5.02 Å². The average molecular weight is 262 g/mol. The predicted octanol–water partition coefficient (Wildman–Crippen LogP) is 2.57. The van der Waals surface area contributed by atoms with Crippen molar-refractivity contribution in [2.75, 3.05) is 5.75 Å². The maximum atomic E-state index is 10.7. The maximum Gasteiger partial charge on any atom is 0.313 e. The number of hydrogen-bond acceptors (Lipinski definition) is 4. The zero-order chi connectivity index (χ0) is 12.1. The van der Waals surface area contributed by atoms with Crippen LogP contribution in [-0.2, 0) is 10.5 Å². The van der Waals surface area contributed by atoms with Crippen molar-refractivity contribution < 1.29 is 14.8 Å². The van der Waals surface area contributed by atoms with Crippen LogP contribution in [0.25, 0.3) is 0 Å². The smallest absolute Gasteiger partial charge is 0.313 e. The van der Waals surface area contributed by atoms with E-state index < -0.39 is 10.9 Å². The number of carbonyl (C=O) groups is 1. The highest BCUT2D eigenvalue weighted by Crippen LogP contribution is 2.30. The van der Waals surface area contributed by atoms with Crippen LogP contribution in [0.5, 0.6) is 0 Å². The van der Waals surface area contributed by atoms with Gasteiger partial charge in [-0.1, -0.05) is 23.7 Å². The van der Waals surface area contributed by atoms with Gasteiger partial charge >= 0.3 is 5.97 Å². The summed E-state index contributed by atoms with van der Waals surface area (Å²) in [4.78, 5) is 20.5. The monoisotopic (exact) mass is 261 g/mol. The van der Waals surface area contributed by atoms with E-state index >= 15 is 0 Å². The molecule has 0 amide bonds. The van der Waals surface area contributed by atoms with E-state index in [1.54, 1.807) is 12.1 Å². The molecule has 0 saturated carbocycles. The summed E-state index contributed by atoms with van der Waals surface area (Å²) in [6.45, 7) is 0. The normalized spacial score (nSPS) is 10.1. The lowest BCUT2D eigenvalue weighted by atomic mass is 10.2. The van der Waals surface area contributed by atoms with Gasteiger partial charge in [-0.25, -0.2) is 0 Å². The lowest BCUT2D eigenvalue weighted by Gasteiger charge is -2.02. The van der Waals surface area contributed by atoms with Crippen molar-refractivity contribution in [2.24, 2.45) is 0 Å². The Labute approximate surface area is 101 Å². The van der Waals surface area contributed by atoms with Crippen molar-refractivity contribution in [1.82, 2.24) is 0 Å². The zero-order valence-electron chi connectivity index (χ0n) is 8.05. The molecule has 86 valence electrons. The largest absolute Gasteiger partial charge is 0.481 e. The number of carboxylic acids is 1. The van der Waals surface area contributed by atoms with E-state index in [0.717, 1.165) is 11.8 Å². The summed E-state index contributed by atoms with van der Waals surface area (Å²) in [5.74, 6) is -0.790. The second-order valence-electron chi connectivity index (χ2n) is 2.89. The molecular weight excluding hydrogens is 254 g/mol. The Morgan fingerprint density at radius 1 is 1.56 bits per heavy atom. The molecule has 0 saturated heterocycles. The highest BCUT2D eigenvalue weighted by molar-refractivity contribution is 7.99. The fraction of sp³-hybridized carbons (Fsp3) is 0.222. The number of para-hydroxylation sites is 1. The van der Waals surface area contributed by atoms with Gasteiger partial charge in [0, 0.05) is 11.3 Å². The number of benzene rings is 1. The highest BCUT2D eigenvalue weighted by Gasteiger charge is 2.17. The SMILES string of the molecule is O=C(O)CSCc1cccc(Cl)c1[N+](=O)[O-]. The first-order chi connectivity index (χ1) is 7.52. The van der Waals surface area contributed by atoms with Gasteiger partial charge in [0.25, 0.3) is 5.69 Å². The van der Waals surface area contributed by atoms with Crippen LogP contribution in [-0.4, -0.2) is 21.8 Å². The molecule has 5 nitrogen and oxygen atoms in total. The van der Waals surface area contributed by atoms with E-state index in [2.05, 4.69) is 0 Å². The predicted molar refractivity (Wildman–Crippen MR) is 61.9 cm³/mol. The number of carboxylic acid groups (broad SMARTS) is 1. The lowest BCUT2D eigenvalue weighted by molar-refractivity contribution is -0.385. The zero-order valence-corrected chi connectivity index (χ0v) is 9.62. The van der Waals surface area contributed by atoms with Crippen LogP contribution in [0.15, 0.2) is 18.2 Å². The number of halogens is 1. The molecule has 0 spiro atoms. The Kier molecular flexibility index (Phi) is 4.57.